The van der Waals surface area contributed by atoms with E-state index in [0.29, 0.717) is 18.1 Å². The van der Waals surface area contributed by atoms with Gasteiger partial charge in [0.25, 0.3) is 5.56 Å². The summed E-state index contributed by atoms with van der Waals surface area (Å²) in [6.45, 7) is 5.76. The van der Waals surface area contributed by atoms with Crippen LogP contribution in [0, 0.1) is 31.1 Å². The summed E-state index contributed by atoms with van der Waals surface area (Å²) >= 11 is 0. The Hall–Kier alpha value is -1.63. The molecule has 1 aromatic heterocycles. The first-order valence-corrected chi connectivity index (χ1v) is 4.49. The van der Waals surface area contributed by atoms with E-state index in [1.165, 1.54) is 10.6 Å². The Morgan fingerprint density at radius 1 is 1.64 bits per heavy atom. The SMILES string of the molecule is Cc1cc(=O)n(CC(C)C#N)c(C)n1. The minimum atomic E-state index is -0.170. The highest BCUT2D eigenvalue weighted by Crippen LogP contribution is 1.99. The van der Waals surface area contributed by atoms with Crippen molar-refractivity contribution in [2.24, 2.45) is 5.92 Å². The van der Waals surface area contributed by atoms with E-state index >= 15 is 0 Å². The quantitative estimate of drug-likeness (QED) is 0.701. The summed E-state index contributed by atoms with van der Waals surface area (Å²) in [6.07, 6.45) is 0. The van der Waals surface area contributed by atoms with Gasteiger partial charge < -0.3 is 0 Å². The molecular weight excluding hydrogens is 178 g/mol. The van der Waals surface area contributed by atoms with Crippen molar-refractivity contribution in [3.05, 3.63) is 27.9 Å². The maximum absolute atomic E-state index is 11.5. The summed E-state index contributed by atoms with van der Waals surface area (Å²) in [4.78, 5) is 15.7. The van der Waals surface area contributed by atoms with Gasteiger partial charge in [0.15, 0.2) is 0 Å². The molecule has 0 spiro atoms. The molecule has 74 valence electrons. The smallest absolute Gasteiger partial charge is 0.253 e. The first-order chi connectivity index (χ1) is 6.54. The first kappa shape index (κ1) is 10.5. The predicted octanol–water partition coefficient (Wildman–Crippen LogP) is 1.02. The summed E-state index contributed by atoms with van der Waals surface area (Å²) in [6, 6.07) is 3.58. The standard InChI is InChI=1S/C10H13N3O/c1-7(5-11)6-13-9(3)12-8(2)4-10(13)14/h4,7H,6H2,1-3H3. The lowest BCUT2D eigenvalue weighted by atomic mass is 10.2. The largest absolute Gasteiger partial charge is 0.296 e. The van der Waals surface area contributed by atoms with Gasteiger partial charge in [-0.05, 0) is 20.8 Å². The monoisotopic (exact) mass is 191 g/mol. The normalized spacial score (nSPS) is 12.1. The highest BCUT2D eigenvalue weighted by molar-refractivity contribution is 5.02. The fraction of sp³-hybridized carbons (Fsp3) is 0.500. The lowest BCUT2D eigenvalue weighted by Gasteiger charge is -2.10. The van der Waals surface area contributed by atoms with Crippen LogP contribution < -0.4 is 5.56 Å². The third kappa shape index (κ3) is 2.19. The number of hydrogen-bond acceptors (Lipinski definition) is 3. The van der Waals surface area contributed by atoms with Crippen LogP contribution in [0.5, 0.6) is 0 Å². The predicted molar refractivity (Wildman–Crippen MR) is 52.7 cm³/mol. The van der Waals surface area contributed by atoms with Gasteiger partial charge in [0.1, 0.15) is 5.82 Å². The van der Waals surface area contributed by atoms with Crippen LogP contribution in [-0.2, 0) is 6.54 Å². The number of nitriles is 1. The van der Waals surface area contributed by atoms with Gasteiger partial charge in [-0.2, -0.15) is 5.26 Å². The third-order valence-corrected chi connectivity index (χ3v) is 2.00. The van der Waals surface area contributed by atoms with Crippen molar-refractivity contribution in [2.45, 2.75) is 27.3 Å². The van der Waals surface area contributed by atoms with Gasteiger partial charge in [-0.1, -0.05) is 0 Å². The van der Waals surface area contributed by atoms with Gasteiger partial charge in [0.2, 0.25) is 0 Å². The van der Waals surface area contributed by atoms with Crippen molar-refractivity contribution in [2.75, 3.05) is 0 Å². The Kier molecular flexibility index (Phi) is 3.03. The molecule has 14 heavy (non-hydrogen) atoms. The number of rotatable bonds is 2. The summed E-state index contributed by atoms with van der Waals surface area (Å²) in [5.74, 6) is 0.494. The van der Waals surface area contributed by atoms with Crippen molar-refractivity contribution in [3.63, 3.8) is 0 Å². The molecule has 0 aliphatic rings. The lowest BCUT2D eigenvalue weighted by molar-refractivity contribution is 0.540. The van der Waals surface area contributed by atoms with E-state index in [1.807, 2.05) is 0 Å². The number of aromatic nitrogens is 2. The van der Waals surface area contributed by atoms with Crippen molar-refractivity contribution in [1.82, 2.24) is 9.55 Å². The molecule has 0 saturated heterocycles. The molecule has 1 unspecified atom stereocenters. The average Bonchev–Trinajstić information content (AvgIpc) is 2.10. The van der Waals surface area contributed by atoms with Crippen LogP contribution in [0.25, 0.3) is 0 Å². The lowest BCUT2D eigenvalue weighted by Crippen LogP contribution is -2.25. The van der Waals surface area contributed by atoms with Crippen molar-refractivity contribution in [1.29, 1.82) is 5.26 Å². The summed E-state index contributed by atoms with van der Waals surface area (Å²) in [5, 5.41) is 8.65. The van der Waals surface area contributed by atoms with Crippen LogP contribution in [0.1, 0.15) is 18.4 Å². The second-order valence-electron chi connectivity index (χ2n) is 3.42. The van der Waals surface area contributed by atoms with Gasteiger partial charge >= 0.3 is 0 Å². The van der Waals surface area contributed by atoms with E-state index in [1.54, 1.807) is 20.8 Å². The molecule has 0 saturated carbocycles. The van der Waals surface area contributed by atoms with Crippen LogP contribution >= 0.6 is 0 Å². The minimum absolute atomic E-state index is 0.0860. The summed E-state index contributed by atoms with van der Waals surface area (Å²) in [5.41, 5.74) is 0.630. The Labute approximate surface area is 82.8 Å². The minimum Gasteiger partial charge on any atom is -0.296 e. The van der Waals surface area contributed by atoms with Crippen molar-refractivity contribution in [3.8, 4) is 6.07 Å². The molecule has 1 heterocycles. The Bertz CT molecular complexity index is 428. The molecule has 0 aliphatic heterocycles. The molecule has 0 aliphatic carbocycles. The van der Waals surface area contributed by atoms with Crippen molar-refractivity contribution < 1.29 is 0 Å². The van der Waals surface area contributed by atoms with E-state index < -0.39 is 0 Å². The number of hydrogen-bond donors (Lipinski definition) is 0. The first-order valence-electron chi connectivity index (χ1n) is 4.49. The second kappa shape index (κ2) is 4.05. The summed E-state index contributed by atoms with van der Waals surface area (Å²) in [7, 11) is 0. The maximum atomic E-state index is 11.5. The fourth-order valence-corrected chi connectivity index (χ4v) is 1.30. The van der Waals surface area contributed by atoms with Gasteiger partial charge in [-0.15, -0.1) is 0 Å². The van der Waals surface area contributed by atoms with Gasteiger partial charge in [0.05, 0.1) is 12.0 Å². The van der Waals surface area contributed by atoms with Crippen LogP contribution in [0.15, 0.2) is 10.9 Å². The van der Waals surface area contributed by atoms with Crippen LogP contribution in [0.3, 0.4) is 0 Å². The number of aryl methyl sites for hydroxylation is 2. The van der Waals surface area contributed by atoms with Gasteiger partial charge in [-0.25, -0.2) is 4.98 Å². The van der Waals surface area contributed by atoms with Crippen LogP contribution in [0.2, 0.25) is 0 Å². The molecule has 1 rings (SSSR count). The Balaban J connectivity index is 3.11. The zero-order chi connectivity index (χ0) is 10.7. The van der Waals surface area contributed by atoms with E-state index in [4.69, 9.17) is 5.26 Å². The second-order valence-corrected chi connectivity index (χ2v) is 3.42. The highest BCUT2D eigenvalue weighted by Gasteiger charge is 2.06. The van der Waals surface area contributed by atoms with E-state index in [2.05, 4.69) is 11.1 Å². The highest BCUT2D eigenvalue weighted by atomic mass is 16.1. The van der Waals surface area contributed by atoms with Gasteiger partial charge in [0, 0.05) is 18.3 Å². The molecule has 0 fully saturated rings. The van der Waals surface area contributed by atoms with Gasteiger partial charge in [-0.3, -0.25) is 9.36 Å². The Morgan fingerprint density at radius 3 is 2.79 bits per heavy atom. The van der Waals surface area contributed by atoms with Crippen LogP contribution in [-0.4, -0.2) is 9.55 Å². The fourth-order valence-electron chi connectivity index (χ4n) is 1.30. The molecule has 1 atom stereocenters. The van der Waals surface area contributed by atoms with E-state index in [-0.39, 0.29) is 11.5 Å². The topological polar surface area (TPSA) is 58.7 Å². The van der Waals surface area contributed by atoms with E-state index in [0.717, 1.165) is 0 Å². The molecule has 1 aromatic rings. The molecule has 0 radical (unpaired) electrons. The molecule has 4 heteroatoms. The Morgan fingerprint density at radius 2 is 2.29 bits per heavy atom. The molecule has 0 amide bonds. The molecule has 0 bridgehead atoms. The summed E-state index contributed by atoms with van der Waals surface area (Å²) < 4.78 is 1.53. The average molecular weight is 191 g/mol. The third-order valence-electron chi connectivity index (χ3n) is 2.00. The zero-order valence-electron chi connectivity index (χ0n) is 8.61. The molecule has 0 aromatic carbocycles. The van der Waals surface area contributed by atoms with Crippen molar-refractivity contribution >= 4 is 0 Å². The molecule has 4 nitrogen and oxygen atoms in total. The van der Waals surface area contributed by atoms with Crippen LogP contribution in [0.4, 0.5) is 0 Å². The molecule has 0 N–H and O–H groups in total. The maximum Gasteiger partial charge on any atom is 0.253 e. The zero-order valence-corrected chi connectivity index (χ0v) is 8.61. The molecular formula is C10H13N3O. The van der Waals surface area contributed by atoms with E-state index in [9.17, 15) is 4.79 Å². The number of nitrogens with zero attached hydrogens (tertiary/aromatic N) is 3.